The van der Waals surface area contributed by atoms with Gasteiger partial charge in [-0.1, -0.05) is 42.1 Å². The Labute approximate surface area is 130 Å². The van der Waals surface area contributed by atoms with E-state index in [1.807, 2.05) is 30.3 Å². The summed E-state index contributed by atoms with van der Waals surface area (Å²) in [5, 5.41) is 11.1. The van der Waals surface area contributed by atoms with Crippen molar-refractivity contribution in [3.05, 3.63) is 41.6 Å². The maximum Gasteiger partial charge on any atom is 1.00 e. The maximum atomic E-state index is 11.4. The first-order chi connectivity index (χ1) is 8.18. The van der Waals surface area contributed by atoms with Crippen LogP contribution in [0.15, 0.2) is 36.0 Å². The normalized spacial score (nSPS) is 21.2. The molecule has 1 saturated heterocycles. The van der Waals surface area contributed by atoms with Crippen molar-refractivity contribution in [3.8, 4) is 0 Å². The van der Waals surface area contributed by atoms with E-state index >= 15 is 0 Å². The van der Waals surface area contributed by atoms with Crippen LogP contribution in [0.5, 0.6) is 0 Å². The van der Waals surface area contributed by atoms with Crippen LogP contribution in [0.3, 0.4) is 0 Å². The average Bonchev–Trinajstić information content (AvgIpc) is 2.63. The largest absolute Gasteiger partial charge is 1.00 e. The van der Waals surface area contributed by atoms with E-state index in [0.717, 1.165) is 5.56 Å². The minimum absolute atomic E-state index is 0. The second-order valence-electron chi connectivity index (χ2n) is 3.87. The molecule has 0 saturated carbocycles. The topological polar surface area (TPSA) is 60.4 Å². The van der Waals surface area contributed by atoms with Crippen LogP contribution in [-0.4, -0.2) is 22.2 Å². The van der Waals surface area contributed by atoms with Gasteiger partial charge in [0.05, 0.1) is 23.5 Å². The molecule has 2 aliphatic heterocycles. The number of carboxylic acids is 1. The fraction of sp³-hybridized carbons (Fsp3) is 0.167. The summed E-state index contributed by atoms with van der Waals surface area (Å²) in [5.41, 5.74) is 0.835. The van der Waals surface area contributed by atoms with Crippen LogP contribution in [0.25, 0.3) is 4.91 Å². The van der Waals surface area contributed by atoms with E-state index in [-0.39, 0.29) is 46.5 Å². The molecule has 1 aromatic carbocycles. The van der Waals surface area contributed by atoms with E-state index in [1.54, 1.807) is 0 Å². The van der Waals surface area contributed by atoms with Gasteiger partial charge in [-0.2, -0.15) is 0 Å². The van der Waals surface area contributed by atoms with Crippen molar-refractivity contribution in [1.29, 1.82) is 0 Å². The number of benzene rings is 1. The van der Waals surface area contributed by atoms with E-state index in [1.165, 1.54) is 16.7 Å². The molecule has 3 rings (SSSR count). The minimum Gasteiger partial charge on any atom is -0.543 e. The van der Waals surface area contributed by atoms with Gasteiger partial charge in [0.2, 0.25) is 5.91 Å². The van der Waals surface area contributed by atoms with Gasteiger partial charge in [0.25, 0.3) is 0 Å². The Balaban J connectivity index is 0.00000120. The number of fused-ring (bicyclic) bond motifs is 1. The van der Waals surface area contributed by atoms with Crippen molar-refractivity contribution in [2.24, 2.45) is 0 Å². The van der Waals surface area contributed by atoms with Crippen molar-refractivity contribution >= 4 is 28.5 Å². The Morgan fingerprint density at radius 1 is 1.33 bits per heavy atom. The van der Waals surface area contributed by atoms with E-state index in [2.05, 4.69) is 0 Å². The summed E-state index contributed by atoms with van der Waals surface area (Å²) < 4.78 is 0. The molecule has 18 heavy (non-hydrogen) atoms. The van der Waals surface area contributed by atoms with E-state index in [0.29, 0.717) is 11.3 Å². The second-order valence-corrected chi connectivity index (χ2v) is 5.06. The second kappa shape index (κ2) is 5.09. The van der Waals surface area contributed by atoms with Crippen LogP contribution < -0.4 is 34.7 Å². The quantitative estimate of drug-likeness (QED) is 0.437. The zero-order valence-electron chi connectivity index (χ0n) is 9.75. The molecule has 1 fully saturated rings. The molecule has 2 heterocycles. The number of amides is 1. The molecular formula is C12H8NNaO3S. The Kier molecular flexibility index (Phi) is 3.87. The molecule has 4 nitrogen and oxygen atoms in total. The molecular weight excluding hydrogens is 261 g/mol. The van der Waals surface area contributed by atoms with Gasteiger partial charge in [-0.25, -0.2) is 0 Å². The van der Waals surface area contributed by atoms with Gasteiger partial charge in [0, 0.05) is 4.91 Å². The van der Waals surface area contributed by atoms with Crippen molar-refractivity contribution in [2.45, 2.75) is 11.8 Å². The minimum atomic E-state index is -1.29. The summed E-state index contributed by atoms with van der Waals surface area (Å²) in [6, 6.07) is 9.21. The molecule has 6 heteroatoms. The molecule has 0 unspecified atom stereocenters. The van der Waals surface area contributed by atoms with Crippen LogP contribution in [0.2, 0.25) is 0 Å². The number of nitrogens with zero attached hydrogens (tertiary/aromatic N) is 1. The summed E-state index contributed by atoms with van der Waals surface area (Å²) in [7, 11) is 0. The Hall–Kier alpha value is -0.750. The molecule has 1 atom stereocenters. The number of aliphatic carboxylic acids is 1. The fourth-order valence-electron chi connectivity index (χ4n) is 2.04. The zero-order valence-corrected chi connectivity index (χ0v) is 12.6. The summed E-state index contributed by atoms with van der Waals surface area (Å²) in [6.07, 6.45) is 0.401. The summed E-state index contributed by atoms with van der Waals surface area (Å²) >= 11 is 1.42. The fourth-order valence-corrected chi connectivity index (χ4v) is 3.43. The number of carbonyl (C=O) groups excluding carboxylic acids is 2. The van der Waals surface area contributed by atoms with E-state index in [4.69, 9.17) is 0 Å². The molecule has 0 aliphatic carbocycles. The van der Waals surface area contributed by atoms with E-state index in [9.17, 15) is 14.7 Å². The SMILES string of the molecule is O=C([O-])C1=C(c2ccccc2)S[C@H]2CC(=O)N12.[Na+]. The van der Waals surface area contributed by atoms with Gasteiger partial charge < -0.3 is 9.90 Å². The number of rotatable bonds is 2. The Bertz CT molecular complexity index is 544. The monoisotopic (exact) mass is 269 g/mol. The van der Waals surface area contributed by atoms with E-state index < -0.39 is 5.97 Å². The maximum absolute atomic E-state index is 11.4. The smallest absolute Gasteiger partial charge is 0.543 e. The van der Waals surface area contributed by atoms with Gasteiger partial charge in [-0.05, 0) is 5.56 Å². The van der Waals surface area contributed by atoms with Crippen molar-refractivity contribution in [1.82, 2.24) is 4.90 Å². The van der Waals surface area contributed by atoms with Crippen LogP contribution in [-0.2, 0) is 9.59 Å². The molecule has 1 aromatic rings. The third-order valence-corrected chi connectivity index (χ3v) is 4.16. The van der Waals surface area contributed by atoms with Crippen LogP contribution in [0.1, 0.15) is 12.0 Å². The first-order valence-corrected chi connectivity index (χ1v) is 6.06. The van der Waals surface area contributed by atoms with Gasteiger partial charge in [-0.3, -0.25) is 9.69 Å². The van der Waals surface area contributed by atoms with Gasteiger partial charge in [-0.15, -0.1) is 0 Å². The molecule has 0 bridgehead atoms. The van der Waals surface area contributed by atoms with Crippen LogP contribution in [0.4, 0.5) is 0 Å². The number of carbonyl (C=O) groups is 2. The van der Waals surface area contributed by atoms with Gasteiger partial charge >= 0.3 is 29.6 Å². The molecule has 0 N–H and O–H groups in total. The third kappa shape index (κ3) is 2.01. The van der Waals surface area contributed by atoms with Gasteiger partial charge in [0.1, 0.15) is 0 Å². The van der Waals surface area contributed by atoms with Crippen molar-refractivity contribution < 1.29 is 44.3 Å². The van der Waals surface area contributed by atoms with Crippen molar-refractivity contribution in [2.75, 3.05) is 0 Å². The number of hydrogen-bond acceptors (Lipinski definition) is 4. The number of thioether (sulfide) groups is 1. The molecule has 0 radical (unpaired) electrons. The summed E-state index contributed by atoms with van der Waals surface area (Å²) in [5.74, 6) is -1.43. The molecule has 1 amide bonds. The average molecular weight is 269 g/mol. The summed E-state index contributed by atoms with van der Waals surface area (Å²) in [4.78, 5) is 24.5. The predicted molar refractivity (Wildman–Crippen MR) is 61.2 cm³/mol. The molecule has 0 aromatic heterocycles. The first-order valence-electron chi connectivity index (χ1n) is 5.18. The first kappa shape index (κ1) is 13.7. The summed E-state index contributed by atoms with van der Waals surface area (Å²) in [6.45, 7) is 0. The Morgan fingerprint density at radius 2 is 2.00 bits per heavy atom. The third-order valence-electron chi connectivity index (χ3n) is 2.85. The number of β-lactam (4-membered cyclic amide) rings is 1. The standard InChI is InChI=1S/C12H9NO3S.Na/c14-8-6-9-13(8)10(12(15)16)11(17-9)7-4-2-1-3-5-7;/h1-5,9H,6H2,(H,15,16);/q;+1/p-1/t9-;/m0./s1. The number of hydrogen-bond donors (Lipinski definition) is 0. The zero-order chi connectivity index (χ0) is 12.0. The molecule has 2 aliphatic rings. The van der Waals surface area contributed by atoms with Crippen LogP contribution in [0, 0.1) is 0 Å². The van der Waals surface area contributed by atoms with Gasteiger partial charge in [0.15, 0.2) is 0 Å². The van der Waals surface area contributed by atoms with Crippen LogP contribution >= 0.6 is 11.8 Å². The molecule has 86 valence electrons. The predicted octanol–water partition coefficient (Wildman–Crippen LogP) is -2.59. The van der Waals surface area contributed by atoms with Crippen molar-refractivity contribution in [3.63, 3.8) is 0 Å². The number of carboxylic acid groups (broad SMARTS) is 1. The molecule has 0 spiro atoms. The Morgan fingerprint density at radius 3 is 2.56 bits per heavy atom.